The average Bonchev–Trinajstić information content (AvgIpc) is 2.80. The van der Waals surface area contributed by atoms with Gasteiger partial charge in [0.2, 0.25) is 9.84 Å². The number of hydrogen-bond donors (Lipinski definition) is 0. The lowest BCUT2D eigenvalue weighted by atomic mass is 10.3. The summed E-state index contributed by atoms with van der Waals surface area (Å²) in [4.78, 5) is 3.98. The molecule has 0 saturated carbocycles. The maximum atomic E-state index is 12.0. The molecular formula is C11H12N2O6S2. The zero-order valence-electron chi connectivity index (χ0n) is 11.2. The molecule has 0 unspecified atom stereocenters. The summed E-state index contributed by atoms with van der Waals surface area (Å²) < 4.78 is 55.4. The zero-order chi connectivity index (χ0) is 15.7. The molecule has 1 aromatic heterocycles. The lowest BCUT2D eigenvalue weighted by molar-refractivity contribution is 0.343. The van der Waals surface area contributed by atoms with Crippen molar-refractivity contribution in [1.82, 2.24) is 4.98 Å². The fourth-order valence-electron chi connectivity index (χ4n) is 1.43. The van der Waals surface area contributed by atoms with Crippen LogP contribution in [-0.2, 0) is 24.2 Å². The average molecular weight is 332 g/mol. The molecule has 114 valence electrons. The third-order valence-corrected chi connectivity index (χ3v) is 4.35. The van der Waals surface area contributed by atoms with Gasteiger partial charge in [0.15, 0.2) is 5.58 Å². The Hall–Kier alpha value is -1.94. The quantitative estimate of drug-likeness (QED) is 0.464. The van der Waals surface area contributed by atoms with Crippen molar-refractivity contribution in [2.45, 2.75) is 6.92 Å². The van der Waals surface area contributed by atoms with E-state index in [9.17, 15) is 16.8 Å². The second kappa shape index (κ2) is 5.45. The van der Waals surface area contributed by atoms with Crippen LogP contribution in [0.4, 0.5) is 0 Å². The summed E-state index contributed by atoms with van der Waals surface area (Å²) in [6.45, 7) is 1.38. The van der Waals surface area contributed by atoms with E-state index in [2.05, 4.69) is 14.4 Å². The van der Waals surface area contributed by atoms with Crippen LogP contribution in [0.1, 0.15) is 12.8 Å². The van der Waals surface area contributed by atoms with Crippen molar-refractivity contribution in [1.29, 1.82) is 0 Å². The van der Waals surface area contributed by atoms with Crippen LogP contribution in [0.2, 0.25) is 0 Å². The molecule has 2 rings (SSSR count). The van der Waals surface area contributed by atoms with Gasteiger partial charge in [0.25, 0.3) is 10.9 Å². The number of nitrogens with zero attached hydrogens (tertiary/aromatic N) is 2. The summed E-state index contributed by atoms with van der Waals surface area (Å²) in [6.07, 6.45) is 0.749. The highest BCUT2D eigenvalue weighted by molar-refractivity contribution is 8.06. The predicted octanol–water partition coefficient (Wildman–Crippen LogP) is 0.900. The molecular weight excluding hydrogens is 320 g/mol. The van der Waals surface area contributed by atoms with Crippen molar-refractivity contribution in [3.05, 3.63) is 30.2 Å². The van der Waals surface area contributed by atoms with Gasteiger partial charge >= 0.3 is 10.1 Å². The molecule has 0 amide bonds. The smallest absolute Gasteiger partial charge is 0.325 e. The molecule has 0 aliphatic carbocycles. The summed E-state index contributed by atoms with van der Waals surface area (Å²) in [5, 5.41) is 2.53. The van der Waals surface area contributed by atoms with Crippen LogP contribution < -0.4 is 0 Å². The Bertz CT molecular complexity index is 863. The fourth-order valence-corrected chi connectivity index (χ4v) is 2.47. The highest BCUT2D eigenvalue weighted by atomic mass is 32.2. The Morgan fingerprint density at radius 1 is 1.29 bits per heavy atom. The van der Waals surface area contributed by atoms with Crippen LogP contribution in [0.25, 0.3) is 11.1 Å². The number of aromatic nitrogens is 1. The van der Waals surface area contributed by atoms with Gasteiger partial charge in [-0.1, -0.05) is 19.1 Å². The first-order chi connectivity index (χ1) is 9.73. The minimum Gasteiger partial charge on any atom is -0.434 e. The largest absolute Gasteiger partial charge is 0.434 e. The van der Waals surface area contributed by atoms with Crippen LogP contribution >= 0.6 is 0 Å². The van der Waals surface area contributed by atoms with Gasteiger partial charge in [-0.15, -0.1) is 0 Å². The molecule has 1 heterocycles. The third kappa shape index (κ3) is 3.58. The zero-order valence-corrected chi connectivity index (χ0v) is 12.8. The van der Waals surface area contributed by atoms with E-state index in [-0.39, 0.29) is 11.6 Å². The van der Waals surface area contributed by atoms with Gasteiger partial charge in [-0.3, -0.25) is 4.28 Å². The molecule has 0 spiro atoms. The lowest BCUT2D eigenvalue weighted by Crippen LogP contribution is -2.19. The highest BCUT2D eigenvalue weighted by Crippen LogP contribution is 2.17. The molecule has 0 radical (unpaired) electrons. The van der Waals surface area contributed by atoms with E-state index in [0.29, 0.717) is 11.1 Å². The molecule has 0 aliphatic heterocycles. The van der Waals surface area contributed by atoms with Crippen LogP contribution in [0.3, 0.4) is 0 Å². The van der Waals surface area contributed by atoms with E-state index in [4.69, 9.17) is 4.42 Å². The molecule has 1 aromatic carbocycles. The summed E-state index contributed by atoms with van der Waals surface area (Å²) in [6, 6.07) is 6.61. The van der Waals surface area contributed by atoms with Crippen molar-refractivity contribution in [2.24, 2.45) is 5.16 Å². The molecule has 2 aromatic rings. The van der Waals surface area contributed by atoms with Crippen molar-refractivity contribution in [3.8, 4) is 0 Å². The molecule has 0 atom stereocenters. The first-order valence-electron chi connectivity index (χ1n) is 5.78. The lowest BCUT2D eigenvalue weighted by Gasteiger charge is -2.01. The highest BCUT2D eigenvalue weighted by Gasteiger charge is 2.27. The Kier molecular flexibility index (Phi) is 4.01. The topological polar surface area (TPSA) is 116 Å². The minimum atomic E-state index is -3.95. The molecule has 0 fully saturated rings. The Morgan fingerprint density at radius 3 is 2.52 bits per heavy atom. The van der Waals surface area contributed by atoms with Crippen LogP contribution in [0.5, 0.6) is 0 Å². The van der Waals surface area contributed by atoms with E-state index < -0.39 is 25.0 Å². The monoisotopic (exact) mass is 332 g/mol. The molecule has 0 bridgehead atoms. The third-order valence-electron chi connectivity index (χ3n) is 2.41. The number of para-hydroxylation sites is 2. The van der Waals surface area contributed by atoms with E-state index in [1.165, 1.54) is 6.92 Å². The van der Waals surface area contributed by atoms with Crippen molar-refractivity contribution < 1.29 is 25.5 Å². The Morgan fingerprint density at radius 2 is 1.95 bits per heavy atom. The summed E-state index contributed by atoms with van der Waals surface area (Å²) in [7, 11) is -7.83. The molecule has 0 aliphatic rings. The molecule has 0 saturated heterocycles. The van der Waals surface area contributed by atoms with Crippen LogP contribution in [-0.4, -0.2) is 38.9 Å². The maximum absolute atomic E-state index is 12.0. The van der Waals surface area contributed by atoms with Gasteiger partial charge in [-0.05, 0) is 17.3 Å². The number of hydrogen-bond acceptors (Lipinski definition) is 8. The van der Waals surface area contributed by atoms with Gasteiger partial charge in [0, 0.05) is 0 Å². The second-order valence-electron chi connectivity index (χ2n) is 4.07. The van der Waals surface area contributed by atoms with Crippen molar-refractivity contribution in [3.63, 3.8) is 0 Å². The molecule has 0 N–H and O–H groups in total. The first-order valence-corrected chi connectivity index (χ1v) is 9.25. The van der Waals surface area contributed by atoms with E-state index >= 15 is 0 Å². The van der Waals surface area contributed by atoms with Gasteiger partial charge in [-0.25, -0.2) is 13.4 Å². The number of sulfone groups is 1. The number of fused-ring (bicyclic) bond motifs is 1. The van der Waals surface area contributed by atoms with Crippen molar-refractivity contribution >= 4 is 36.1 Å². The molecule has 10 heteroatoms. The Balaban J connectivity index is 2.59. The van der Waals surface area contributed by atoms with E-state index in [1.54, 1.807) is 24.3 Å². The summed E-state index contributed by atoms with van der Waals surface area (Å²) >= 11 is 0. The van der Waals surface area contributed by atoms with Crippen LogP contribution in [0.15, 0.2) is 33.8 Å². The Labute approximate surface area is 121 Å². The second-order valence-corrected chi connectivity index (χ2v) is 7.82. The van der Waals surface area contributed by atoms with Crippen molar-refractivity contribution in [2.75, 3.05) is 12.0 Å². The molecule has 21 heavy (non-hydrogen) atoms. The first kappa shape index (κ1) is 15.4. The van der Waals surface area contributed by atoms with E-state index in [0.717, 1.165) is 6.26 Å². The normalized spacial score (nSPS) is 13.5. The fraction of sp³-hybridized carbons (Fsp3) is 0.273. The van der Waals surface area contributed by atoms with Crippen LogP contribution in [0, 0.1) is 0 Å². The maximum Gasteiger partial charge on any atom is 0.325 e. The number of rotatable bonds is 4. The van der Waals surface area contributed by atoms with Gasteiger partial charge in [0.1, 0.15) is 5.52 Å². The summed E-state index contributed by atoms with van der Waals surface area (Å²) in [5.74, 6) is -0.626. The SMILES string of the molecule is CCS(=O)(=O)C(=NOS(C)(=O)=O)c1nc2ccccc2o1. The number of benzene rings is 1. The standard InChI is InChI=1S/C11H12N2O6S2/c1-3-21(16,17)11(13-19-20(2,14)15)10-12-8-6-4-5-7-9(8)18-10/h4-7H,3H2,1-2H3. The van der Waals surface area contributed by atoms with Gasteiger partial charge in [-0.2, -0.15) is 8.42 Å². The number of oxime groups is 1. The van der Waals surface area contributed by atoms with E-state index in [1.807, 2.05) is 0 Å². The minimum absolute atomic E-state index is 0.308. The number of oxazole rings is 1. The summed E-state index contributed by atoms with van der Waals surface area (Å²) in [5.41, 5.74) is 0.775. The van der Waals surface area contributed by atoms with Gasteiger partial charge < -0.3 is 4.42 Å². The molecule has 8 nitrogen and oxygen atoms in total. The van der Waals surface area contributed by atoms with Gasteiger partial charge in [0.05, 0.1) is 12.0 Å². The predicted molar refractivity (Wildman–Crippen MR) is 75.9 cm³/mol.